The Bertz CT molecular complexity index is 239. The average molecular weight is 216 g/mol. The number of carboxylic acids is 1. The lowest BCUT2D eigenvalue weighted by molar-refractivity contribution is -0.144. The summed E-state index contributed by atoms with van der Waals surface area (Å²) in [6.07, 6.45) is 0.862. The van der Waals surface area contributed by atoms with Gasteiger partial charge in [0.15, 0.2) is 0 Å². The van der Waals surface area contributed by atoms with Gasteiger partial charge in [-0.2, -0.15) is 0 Å². The molecule has 0 aliphatic rings. The molecular formula is C10H20N2O3. The number of carbonyl (C=O) groups is 2. The molecule has 0 spiro atoms. The van der Waals surface area contributed by atoms with Crippen LogP contribution in [0.2, 0.25) is 0 Å². The van der Waals surface area contributed by atoms with Crippen molar-refractivity contribution in [3.63, 3.8) is 0 Å². The van der Waals surface area contributed by atoms with E-state index < -0.39 is 17.6 Å². The van der Waals surface area contributed by atoms with Crippen LogP contribution in [0.1, 0.15) is 34.1 Å². The molecule has 15 heavy (non-hydrogen) atoms. The third-order valence-electron chi connectivity index (χ3n) is 2.05. The predicted molar refractivity (Wildman–Crippen MR) is 57.6 cm³/mol. The van der Waals surface area contributed by atoms with E-state index in [0.717, 1.165) is 6.42 Å². The van der Waals surface area contributed by atoms with E-state index in [4.69, 9.17) is 5.11 Å². The summed E-state index contributed by atoms with van der Waals surface area (Å²) in [4.78, 5) is 22.2. The van der Waals surface area contributed by atoms with E-state index in [1.165, 1.54) is 13.8 Å². The van der Waals surface area contributed by atoms with E-state index in [0.29, 0.717) is 6.54 Å². The van der Waals surface area contributed by atoms with Gasteiger partial charge in [0.25, 0.3) is 0 Å². The normalized spacial score (nSPS) is 13.3. The second-order valence-electron chi connectivity index (χ2n) is 4.09. The zero-order chi connectivity index (χ0) is 12.1. The summed E-state index contributed by atoms with van der Waals surface area (Å²) in [7, 11) is 0. The lowest BCUT2D eigenvalue weighted by Crippen LogP contribution is -2.55. The SMILES string of the molecule is CCCNC(=O)C(C)NC(C)(C)C(=O)O. The molecule has 88 valence electrons. The summed E-state index contributed by atoms with van der Waals surface area (Å²) < 4.78 is 0. The molecule has 5 nitrogen and oxygen atoms in total. The van der Waals surface area contributed by atoms with Crippen LogP contribution in [0.4, 0.5) is 0 Å². The average Bonchev–Trinajstić information content (AvgIpc) is 2.13. The summed E-state index contributed by atoms with van der Waals surface area (Å²) >= 11 is 0. The number of aliphatic carboxylic acids is 1. The van der Waals surface area contributed by atoms with Crippen molar-refractivity contribution < 1.29 is 14.7 Å². The van der Waals surface area contributed by atoms with Crippen LogP contribution in [0.25, 0.3) is 0 Å². The smallest absolute Gasteiger partial charge is 0.323 e. The summed E-state index contributed by atoms with van der Waals surface area (Å²) in [5.41, 5.74) is -1.09. The highest BCUT2D eigenvalue weighted by Crippen LogP contribution is 2.03. The fourth-order valence-electron chi connectivity index (χ4n) is 1.07. The molecule has 5 heteroatoms. The van der Waals surface area contributed by atoms with Crippen LogP contribution < -0.4 is 10.6 Å². The van der Waals surface area contributed by atoms with Crippen LogP contribution in [-0.4, -0.2) is 35.1 Å². The molecule has 0 rings (SSSR count). The highest BCUT2D eigenvalue weighted by atomic mass is 16.4. The first-order valence-electron chi connectivity index (χ1n) is 5.10. The zero-order valence-corrected chi connectivity index (χ0v) is 9.76. The molecule has 1 unspecified atom stereocenters. The Labute approximate surface area is 90.2 Å². The van der Waals surface area contributed by atoms with Crippen molar-refractivity contribution in [2.45, 2.75) is 45.7 Å². The lowest BCUT2D eigenvalue weighted by atomic mass is 10.0. The van der Waals surface area contributed by atoms with Crippen molar-refractivity contribution in [1.29, 1.82) is 0 Å². The Morgan fingerprint density at radius 3 is 2.33 bits per heavy atom. The van der Waals surface area contributed by atoms with Crippen molar-refractivity contribution in [1.82, 2.24) is 10.6 Å². The molecule has 0 aromatic heterocycles. The molecule has 0 fully saturated rings. The third-order valence-corrected chi connectivity index (χ3v) is 2.05. The largest absolute Gasteiger partial charge is 0.480 e. The van der Waals surface area contributed by atoms with Gasteiger partial charge in [0.2, 0.25) is 5.91 Å². The van der Waals surface area contributed by atoms with Gasteiger partial charge in [0, 0.05) is 6.54 Å². The Hall–Kier alpha value is -1.10. The van der Waals surface area contributed by atoms with Crippen LogP contribution in [0, 0.1) is 0 Å². The maximum absolute atomic E-state index is 11.4. The van der Waals surface area contributed by atoms with Crippen LogP contribution in [0.3, 0.4) is 0 Å². The van der Waals surface area contributed by atoms with Gasteiger partial charge >= 0.3 is 5.97 Å². The Balaban J connectivity index is 4.17. The van der Waals surface area contributed by atoms with E-state index in [1.807, 2.05) is 6.92 Å². The molecule has 3 N–H and O–H groups in total. The quantitative estimate of drug-likeness (QED) is 0.599. The second kappa shape index (κ2) is 5.70. The number of rotatable bonds is 6. The number of hydrogen-bond acceptors (Lipinski definition) is 3. The van der Waals surface area contributed by atoms with Crippen LogP contribution in [0.15, 0.2) is 0 Å². The standard InChI is InChI=1S/C10H20N2O3/c1-5-6-11-8(13)7(2)12-10(3,4)9(14)15/h7,12H,5-6H2,1-4H3,(H,11,13)(H,14,15). The monoisotopic (exact) mass is 216 g/mol. The molecule has 0 bridgehead atoms. The minimum atomic E-state index is -1.09. The molecule has 0 aliphatic heterocycles. The highest BCUT2D eigenvalue weighted by Gasteiger charge is 2.30. The van der Waals surface area contributed by atoms with Crippen molar-refractivity contribution in [2.24, 2.45) is 0 Å². The summed E-state index contributed by atoms with van der Waals surface area (Å²) in [5, 5.41) is 14.3. The number of carbonyl (C=O) groups excluding carboxylic acids is 1. The fraction of sp³-hybridized carbons (Fsp3) is 0.800. The zero-order valence-electron chi connectivity index (χ0n) is 9.76. The minimum absolute atomic E-state index is 0.175. The van der Waals surface area contributed by atoms with Crippen LogP contribution >= 0.6 is 0 Å². The van der Waals surface area contributed by atoms with Crippen molar-refractivity contribution in [3.8, 4) is 0 Å². The summed E-state index contributed by atoms with van der Waals surface area (Å²) in [6.45, 7) is 7.27. The molecular weight excluding hydrogens is 196 g/mol. The molecule has 0 aromatic rings. The minimum Gasteiger partial charge on any atom is -0.480 e. The first-order valence-corrected chi connectivity index (χ1v) is 5.10. The van der Waals surface area contributed by atoms with Gasteiger partial charge in [-0.3, -0.25) is 14.9 Å². The fourth-order valence-corrected chi connectivity index (χ4v) is 1.07. The van der Waals surface area contributed by atoms with Gasteiger partial charge in [-0.05, 0) is 27.2 Å². The van der Waals surface area contributed by atoms with Crippen LogP contribution in [0.5, 0.6) is 0 Å². The molecule has 0 saturated carbocycles. The maximum atomic E-state index is 11.4. The second-order valence-corrected chi connectivity index (χ2v) is 4.09. The summed E-state index contributed by atoms with van der Waals surface area (Å²) in [6, 6.07) is -0.511. The van der Waals surface area contributed by atoms with Gasteiger partial charge in [-0.1, -0.05) is 6.92 Å². The molecule has 0 heterocycles. The summed E-state index contributed by atoms with van der Waals surface area (Å²) in [5.74, 6) is -1.15. The molecule has 1 amide bonds. The topological polar surface area (TPSA) is 78.4 Å². The highest BCUT2D eigenvalue weighted by molar-refractivity contribution is 5.83. The van der Waals surface area contributed by atoms with Gasteiger partial charge in [-0.25, -0.2) is 0 Å². The Morgan fingerprint density at radius 2 is 1.93 bits per heavy atom. The molecule has 0 aliphatic carbocycles. The van der Waals surface area contributed by atoms with Gasteiger partial charge in [-0.15, -0.1) is 0 Å². The van der Waals surface area contributed by atoms with Crippen molar-refractivity contribution in [3.05, 3.63) is 0 Å². The Morgan fingerprint density at radius 1 is 1.40 bits per heavy atom. The van der Waals surface area contributed by atoms with E-state index in [2.05, 4.69) is 10.6 Å². The van der Waals surface area contributed by atoms with E-state index in [-0.39, 0.29) is 5.91 Å². The molecule has 0 saturated heterocycles. The molecule has 1 atom stereocenters. The van der Waals surface area contributed by atoms with Crippen molar-refractivity contribution in [2.75, 3.05) is 6.54 Å². The molecule has 0 aromatic carbocycles. The first kappa shape index (κ1) is 13.9. The maximum Gasteiger partial charge on any atom is 0.323 e. The lowest BCUT2D eigenvalue weighted by Gasteiger charge is -2.25. The van der Waals surface area contributed by atoms with Crippen molar-refractivity contribution >= 4 is 11.9 Å². The van der Waals surface area contributed by atoms with Gasteiger partial charge in [0.05, 0.1) is 6.04 Å². The van der Waals surface area contributed by atoms with E-state index >= 15 is 0 Å². The van der Waals surface area contributed by atoms with E-state index in [9.17, 15) is 9.59 Å². The number of nitrogens with one attached hydrogen (secondary N) is 2. The number of amides is 1. The van der Waals surface area contributed by atoms with Gasteiger partial charge < -0.3 is 10.4 Å². The Kier molecular flexibility index (Phi) is 5.28. The predicted octanol–water partition coefficient (Wildman–Crippen LogP) is 0.354. The molecule has 0 radical (unpaired) electrons. The van der Waals surface area contributed by atoms with Crippen LogP contribution in [-0.2, 0) is 9.59 Å². The van der Waals surface area contributed by atoms with E-state index in [1.54, 1.807) is 6.92 Å². The number of hydrogen-bond donors (Lipinski definition) is 3. The van der Waals surface area contributed by atoms with Gasteiger partial charge in [0.1, 0.15) is 5.54 Å². The number of carboxylic acid groups (broad SMARTS) is 1. The first-order chi connectivity index (χ1) is 6.81. The third kappa shape index (κ3) is 4.78.